The molecule has 0 amide bonds. The average Bonchev–Trinajstić information content (AvgIpc) is 2.43. The fourth-order valence-corrected chi connectivity index (χ4v) is 2.22. The molecule has 0 saturated heterocycles. The third kappa shape index (κ3) is 2.54. The standard InChI is InChI=1S/C13H12F2N4O2/c1-13(6-16)5-10(15)11(18-12(13)17)8-4-7(19(20)21)2-3-9(8)14/h2-4,10-11H,5H2,1H3,(H2,17,18). The molecule has 1 aliphatic heterocycles. The first-order chi connectivity index (χ1) is 9.78. The summed E-state index contributed by atoms with van der Waals surface area (Å²) in [4.78, 5) is 13.9. The molecule has 0 fully saturated rings. The van der Waals surface area contributed by atoms with Crippen molar-refractivity contribution in [2.24, 2.45) is 16.1 Å². The van der Waals surface area contributed by atoms with E-state index in [1.54, 1.807) is 0 Å². The van der Waals surface area contributed by atoms with Crippen molar-refractivity contribution in [1.82, 2.24) is 0 Å². The lowest BCUT2D eigenvalue weighted by Crippen LogP contribution is -2.41. The van der Waals surface area contributed by atoms with Crippen molar-refractivity contribution in [2.45, 2.75) is 25.6 Å². The molecule has 0 spiro atoms. The van der Waals surface area contributed by atoms with Gasteiger partial charge in [0, 0.05) is 24.1 Å². The number of halogens is 2. The van der Waals surface area contributed by atoms with Gasteiger partial charge in [-0.25, -0.2) is 8.78 Å². The van der Waals surface area contributed by atoms with Gasteiger partial charge in [0.15, 0.2) is 0 Å². The first-order valence-corrected chi connectivity index (χ1v) is 6.11. The van der Waals surface area contributed by atoms with Gasteiger partial charge in [-0.3, -0.25) is 15.1 Å². The van der Waals surface area contributed by atoms with Crippen LogP contribution in [-0.2, 0) is 0 Å². The predicted molar refractivity (Wildman–Crippen MR) is 70.7 cm³/mol. The molecule has 1 heterocycles. The summed E-state index contributed by atoms with van der Waals surface area (Å²) in [5.74, 6) is -0.903. The second kappa shape index (κ2) is 5.09. The molecule has 0 aliphatic carbocycles. The summed E-state index contributed by atoms with van der Waals surface area (Å²) >= 11 is 0. The van der Waals surface area contributed by atoms with E-state index in [2.05, 4.69) is 4.99 Å². The molecule has 3 atom stereocenters. The number of amidine groups is 1. The third-order valence-electron chi connectivity index (χ3n) is 3.55. The van der Waals surface area contributed by atoms with E-state index in [1.165, 1.54) is 6.92 Å². The van der Waals surface area contributed by atoms with Crippen LogP contribution in [0, 0.1) is 32.7 Å². The van der Waals surface area contributed by atoms with Crippen molar-refractivity contribution in [2.75, 3.05) is 0 Å². The van der Waals surface area contributed by atoms with Gasteiger partial charge in [-0.1, -0.05) is 0 Å². The maximum absolute atomic E-state index is 14.3. The number of benzene rings is 1. The maximum Gasteiger partial charge on any atom is 0.269 e. The van der Waals surface area contributed by atoms with Gasteiger partial charge in [-0.2, -0.15) is 5.26 Å². The number of nitrogens with two attached hydrogens (primary N) is 1. The highest BCUT2D eigenvalue weighted by atomic mass is 19.1. The Bertz CT molecular complexity index is 671. The zero-order valence-electron chi connectivity index (χ0n) is 11.1. The van der Waals surface area contributed by atoms with Crippen molar-refractivity contribution < 1.29 is 13.7 Å². The minimum atomic E-state index is -1.65. The van der Waals surface area contributed by atoms with E-state index in [-0.39, 0.29) is 23.5 Å². The van der Waals surface area contributed by atoms with Gasteiger partial charge in [-0.05, 0) is 13.0 Å². The lowest BCUT2D eigenvalue weighted by molar-refractivity contribution is -0.385. The van der Waals surface area contributed by atoms with Crippen molar-refractivity contribution in [3.63, 3.8) is 0 Å². The minimum Gasteiger partial charge on any atom is -0.386 e. The number of nitro groups is 1. The first kappa shape index (κ1) is 14.8. The van der Waals surface area contributed by atoms with E-state index >= 15 is 0 Å². The molecular formula is C13H12F2N4O2. The monoisotopic (exact) mass is 294 g/mol. The highest BCUT2D eigenvalue weighted by Crippen LogP contribution is 2.39. The third-order valence-corrected chi connectivity index (χ3v) is 3.55. The molecule has 8 heteroatoms. The SMILES string of the molecule is CC1(C#N)CC(F)C(c2cc([N+](=O)[O-])ccc2F)N=C1N. The van der Waals surface area contributed by atoms with Crippen LogP contribution in [0.3, 0.4) is 0 Å². The average molecular weight is 294 g/mol. The zero-order chi connectivity index (χ0) is 15.8. The topological polar surface area (TPSA) is 105 Å². The van der Waals surface area contributed by atoms with Crippen LogP contribution in [0.2, 0.25) is 0 Å². The normalized spacial score (nSPS) is 28.6. The predicted octanol–water partition coefficient (Wildman–Crippen LogP) is 2.40. The van der Waals surface area contributed by atoms with Crippen molar-refractivity contribution in [3.8, 4) is 6.07 Å². The number of non-ortho nitro benzene ring substituents is 1. The Kier molecular flexibility index (Phi) is 3.60. The molecule has 1 aromatic carbocycles. The molecule has 110 valence electrons. The van der Waals surface area contributed by atoms with Gasteiger partial charge in [0.2, 0.25) is 0 Å². The summed E-state index contributed by atoms with van der Waals surface area (Å²) in [7, 11) is 0. The lowest BCUT2D eigenvalue weighted by atomic mass is 9.79. The molecule has 21 heavy (non-hydrogen) atoms. The summed E-state index contributed by atoms with van der Waals surface area (Å²) in [6.07, 6.45) is -1.90. The molecule has 6 nitrogen and oxygen atoms in total. The number of alkyl halides is 1. The minimum absolute atomic E-state index is 0.102. The molecule has 1 aliphatic rings. The molecule has 0 aromatic heterocycles. The Hall–Kier alpha value is -2.56. The van der Waals surface area contributed by atoms with Crippen LogP contribution in [0.1, 0.15) is 24.9 Å². The van der Waals surface area contributed by atoms with E-state index in [0.717, 1.165) is 18.2 Å². The number of rotatable bonds is 2. The van der Waals surface area contributed by atoms with Gasteiger partial charge < -0.3 is 5.73 Å². The largest absolute Gasteiger partial charge is 0.386 e. The van der Waals surface area contributed by atoms with Crippen molar-refractivity contribution >= 4 is 11.5 Å². The highest BCUT2D eigenvalue weighted by Gasteiger charge is 2.42. The van der Waals surface area contributed by atoms with E-state index in [1.807, 2.05) is 6.07 Å². The van der Waals surface area contributed by atoms with Crippen LogP contribution in [0.25, 0.3) is 0 Å². The van der Waals surface area contributed by atoms with Crippen LogP contribution in [0.15, 0.2) is 23.2 Å². The first-order valence-electron chi connectivity index (χ1n) is 6.11. The quantitative estimate of drug-likeness (QED) is 0.667. The van der Waals surface area contributed by atoms with Gasteiger partial charge in [0.25, 0.3) is 5.69 Å². The van der Waals surface area contributed by atoms with E-state index in [9.17, 15) is 18.9 Å². The zero-order valence-corrected chi connectivity index (χ0v) is 11.1. The van der Waals surface area contributed by atoms with Crippen molar-refractivity contribution in [3.05, 3.63) is 39.7 Å². The Balaban J connectivity index is 2.50. The van der Waals surface area contributed by atoms with E-state index in [4.69, 9.17) is 11.0 Å². The van der Waals surface area contributed by atoms with Gasteiger partial charge >= 0.3 is 0 Å². The number of nitro benzene ring substituents is 1. The summed E-state index contributed by atoms with van der Waals surface area (Å²) in [5, 5.41) is 19.8. The number of hydrogen-bond acceptors (Lipinski definition) is 5. The summed E-state index contributed by atoms with van der Waals surface area (Å²) in [6, 6.07) is 3.42. The molecule has 0 bridgehead atoms. The smallest absolute Gasteiger partial charge is 0.269 e. The van der Waals surface area contributed by atoms with Crippen LogP contribution in [-0.4, -0.2) is 16.9 Å². The molecule has 2 N–H and O–H groups in total. The summed E-state index contributed by atoms with van der Waals surface area (Å²) < 4.78 is 28.1. The van der Waals surface area contributed by atoms with Gasteiger partial charge in [0.05, 0.1) is 11.0 Å². The molecule has 3 unspecified atom stereocenters. The number of nitriles is 1. The molecule has 2 rings (SSSR count). The number of hydrogen-bond donors (Lipinski definition) is 1. The lowest BCUT2D eigenvalue weighted by Gasteiger charge is -2.32. The van der Waals surface area contributed by atoms with Gasteiger partial charge in [0.1, 0.15) is 29.3 Å². The Morgan fingerprint density at radius 2 is 2.29 bits per heavy atom. The number of aliphatic imine (C=N–C) groups is 1. The second-order valence-corrected chi connectivity index (χ2v) is 5.09. The number of nitrogens with zero attached hydrogens (tertiary/aromatic N) is 3. The Morgan fingerprint density at radius 1 is 1.62 bits per heavy atom. The molecule has 1 aromatic rings. The fraction of sp³-hybridized carbons (Fsp3) is 0.385. The molecule has 0 radical (unpaired) electrons. The molecule has 0 saturated carbocycles. The maximum atomic E-state index is 14.3. The summed E-state index contributed by atoms with van der Waals surface area (Å²) in [6.45, 7) is 1.44. The van der Waals surface area contributed by atoms with E-state index in [0.29, 0.717) is 0 Å². The van der Waals surface area contributed by atoms with Crippen LogP contribution in [0.5, 0.6) is 0 Å². The highest BCUT2D eigenvalue weighted by molar-refractivity contribution is 5.89. The summed E-state index contributed by atoms with van der Waals surface area (Å²) in [5.41, 5.74) is 3.81. The van der Waals surface area contributed by atoms with Crippen LogP contribution >= 0.6 is 0 Å². The van der Waals surface area contributed by atoms with Crippen molar-refractivity contribution in [1.29, 1.82) is 5.26 Å². The van der Waals surface area contributed by atoms with Crippen LogP contribution in [0.4, 0.5) is 14.5 Å². The van der Waals surface area contributed by atoms with Gasteiger partial charge in [-0.15, -0.1) is 0 Å². The fourth-order valence-electron chi connectivity index (χ4n) is 2.22. The second-order valence-electron chi connectivity index (χ2n) is 5.09. The van der Waals surface area contributed by atoms with Crippen LogP contribution < -0.4 is 5.73 Å². The van der Waals surface area contributed by atoms with E-state index < -0.39 is 28.4 Å². The Morgan fingerprint density at radius 3 is 2.86 bits per heavy atom. The molecular weight excluding hydrogens is 282 g/mol. The Labute approximate surface area is 119 Å².